The molecule has 0 saturated carbocycles. The van der Waals surface area contributed by atoms with E-state index in [2.05, 4.69) is 15.6 Å². The van der Waals surface area contributed by atoms with E-state index in [0.717, 1.165) is 29.8 Å². The number of aliphatic hydroxyl groups is 1. The van der Waals surface area contributed by atoms with Crippen LogP contribution >= 0.6 is 11.3 Å². The van der Waals surface area contributed by atoms with E-state index in [1.54, 1.807) is 5.38 Å². The van der Waals surface area contributed by atoms with Gasteiger partial charge in [0.15, 0.2) is 5.13 Å². The fourth-order valence-electron chi connectivity index (χ4n) is 2.79. The van der Waals surface area contributed by atoms with Crippen LogP contribution < -0.4 is 16.4 Å². The van der Waals surface area contributed by atoms with Gasteiger partial charge >= 0.3 is 10.4 Å². The number of hydrogen-bond donors (Lipinski definition) is 6. The molecule has 7 N–H and O–H groups in total. The minimum absolute atomic E-state index is 0.116. The lowest BCUT2D eigenvalue weighted by Crippen LogP contribution is -2.23. The number of nitrogens with one attached hydrogen (secondary N) is 2. The fourth-order valence-corrected chi connectivity index (χ4v) is 3.36. The Balaban J connectivity index is 0.000000696. The molecular formula is C21H26N4O6S2. The second kappa shape index (κ2) is 13.0. The lowest BCUT2D eigenvalue weighted by atomic mass is 10.1. The molecule has 33 heavy (non-hydrogen) atoms. The first-order valence-corrected chi connectivity index (χ1v) is 12.1. The maximum Gasteiger partial charge on any atom is 0.394 e. The van der Waals surface area contributed by atoms with Crippen LogP contribution in [0, 0.1) is 0 Å². The zero-order valence-electron chi connectivity index (χ0n) is 17.6. The largest absolute Gasteiger partial charge is 0.394 e. The quantitative estimate of drug-likeness (QED) is 0.192. The average molecular weight is 495 g/mol. The monoisotopic (exact) mass is 494 g/mol. The Morgan fingerprint density at radius 3 is 2.30 bits per heavy atom. The zero-order chi connectivity index (χ0) is 24.3. The van der Waals surface area contributed by atoms with Crippen molar-refractivity contribution < 1.29 is 27.4 Å². The van der Waals surface area contributed by atoms with Crippen molar-refractivity contribution in [2.45, 2.75) is 18.9 Å². The van der Waals surface area contributed by atoms with Crippen LogP contribution in [-0.4, -0.2) is 46.6 Å². The van der Waals surface area contributed by atoms with Gasteiger partial charge in [-0.25, -0.2) is 4.98 Å². The molecule has 3 rings (SSSR count). The summed E-state index contributed by atoms with van der Waals surface area (Å²) in [7, 11) is -4.67. The molecule has 1 aromatic heterocycles. The summed E-state index contributed by atoms with van der Waals surface area (Å²) in [5.74, 6) is -0.116. The van der Waals surface area contributed by atoms with Crippen molar-refractivity contribution in [2.75, 3.05) is 24.1 Å². The van der Waals surface area contributed by atoms with Gasteiger partial charge in [0.2, 0.25) is 5.91 Å². The first-order valence-electron chi connectivity index (χ1n) is 9.82. The van der Waals surface area contributed by atoms with E-state index in [1.807, 2.05) is 54.6 Å². The van der Waals surface area contributed by atoms with Crippen LogP contribution in [0.3, 0.4) is 0 Å². The first-order chi connectivity index (χ1) is 15.6. The molecule has 1 atom stereocenters. The molecule has 2 aromatic carbocycles. The van der Waals surface area contributed by atoms with Gasteiger partial charge in [0.1, 0.15) is 0 Å². The van der Waals surface area contributed by atoms with Gasteiger partial charge in [-0.3, -0.25) is 13.9 Å². The van der Waals surface area contributed by atoms with Crippen LogP contribution in [-0.2, 0) is 28.0 Å². The van der Waals surface area contributed by atoms with Gasteiger partial charge in [-0.05, 0) is 36.2 Å². The number of carbonyl (C=O) groups excluding carboxylic acids is 1. The van der Waals surface area contributed by atoms with Gasteiger partial charge in [-0.2, -0.15) is 8.42 Å². The van der Waals surface area contributed by atoms with E-state index in [1.165, 1.54) is 11.3 Å². The number of nitrogens with zero attached hydrogens (tertiary/aromatic N) is 1. The summed E-state index contributed by atoms with van der Waals surface area (Å²) in [5, 5.41) is 18.5. The Labute approximate surface area is 196 Å². The normalized spacial score (nSPS) is 11.8. The smallest absolute Gasteiger partial charge is 0.387 e. The molecule has 3 aromatic rings. The maximum atomic E-state index is 12.0. The molecule has 1 heterocycles. The van der Waals surface area contributed by atoms with E-state index in [9.17, 15) is 9.90 Å². The lowest BCUT2D eigenvalue weighted by Gasteiger charge is -2.12. The molecule has 0 aliphatic rings. The number of aromatic nitrogens is 1. The summed E-state index contributed by atoms with van der Waals surface area (Å²) >= 11 is 1.33. The third kappa shape index (κ3) is 11.5. The number of rotatable bonds is 9. The van der Waals surface area contributed by atoms with Gasteiger partial charge in [-0.15, -0.1) is 11.3 Å². The number of aliphatic hydroxyl groups excluding tert-OH is 1. The Bertz CT molecular complexity index is 1100. The second-order valence-corrected chi connectivity index (χ2v) is 8.71. The standard InChI is InChI=1S/C21H24N4O2S.H2O4S/c22-21-25-18(14-28-21)12-20(27)24-17-8-6-15(7-9-17)10-11-23-13-19(26)16-4-2-1-3-5-16;1-5(2,3)4/h1-9,14,19,23,26H,10-13H2,(H2,22,25)(H,24,27);(H2,1,2,3,4)/t19-;/m0./s1. The van der Waals surface area contributed by atoms with Crippen molar-refractivity contribution >= 4 is 38.5 Å². The minimum Gasteiger partial charge on any atom is -0.387 e. The molecule has 0 bridgehead atoms. The van der Waals surface area contributed by atoms with Gasteiger partial charge in [0.05, 0.1) is 18.2 Å². The molecule has 178 valence electrons. The van der Waals surface area contributed by atoms with Crippen molar-refractivity contribution in [3.63, 3.8) is 0 Å². The number of amides is 1. The summed E-state index contributed by atoms with van der Waals surface area (Å²) in [5.41, 5.74) is 9.08. The predicted octanol–water partition coefficient (Wildman–Crippen LogP) is 2.12. The Kier molecular flexibility index (Phi) is 10.4. The van der Waals surface area contributed by atoms with Crippen LogP contribution in [0.15, 0.2) is 60.0 Å². The Morgan fingerprint density at radius 2 is 1.73 bits per heavy atom. The summed E-state index contributed by atoms with van der Waals surface area (Å²) in [6, 6.07) is 17.4. The number of hydrogen-bond acceptors (Lipinski definition) is 8. The van der Waals surface area contributed by atoms with Crippen molar-refractivity contribution in [3.05, 3.63) is 76.8 Å². The minimum atomic E-state index is -4.67. The second-order valence-electron chi connectivity index (χ2n) is 6.93. The van der Waals surface area contributed by atoms with Crippen LogP contribution in [0.2, 0.25) is 0 Å². The van der Waals surface area contributed by atoms with E-state index >= 15 is 0 Å². The molecule has 0 radical (unpaired) electrons. The van der Waals surface area contributed by atoms with E-state index in [0.29, 0.717) is 17.4 Å². The Hall–Kier alpha value is -2.87. The van der Waals surface area contributed by atoms with Crippen molar-refractivity contribution in [2.24, 2.45) is 0 Å². The van der Waals surface area contributed by atoms with Crippen molar-refractivity contribution in [3.8, 4) is 0 Å². The highest BCUT2D eigenvalue weighted by atomic mass is 32.3. The fraction of sp³-hybridized carbons (Fsp3) is 0.238. The maximum absolute atomic E-state index is 12.0. The SMILES string of the molecule is Nc1nc(CC(=O)Nc2ccc(CCNC[C@H](O)c3ccccc3)cc2)cs1.O=S(=O)(O)O. The van der Waals surface area contributed by atoms with Gasteiger partial charge < -0.3 is 21.5 Å². The van der Waals surface area contributed by atoms with Gasteiger partial charge in [-0.1, -0.05) is 42.5 Å². The highest BCUT2D eigenvalue weighted by Crippen LogP contribution is 2.14. The summed E-state index contributed by atoms with van der Waals surface area (Å²) in [4.78, 5) is 16.1. The number of benzene rings is 2. The number of thiazole rings is 1. The predicted molar refractivity (Wildman–Crippen MR) is 127 cm³/mol. The molecule has 0 spiro atoms. The van der Waals surface area contributed by atoms with Crippen LogP contribution in [0.5, 0.6) is 0 Å². The van der Waals surface area contributed by atoms with Crippen LogP contribution in [0.1, 0.15) is 22.9 Å². The Morgan fingerprint density at radius 1 is 1.09 bits per heavy atom. The molecule has 0 fully saturated rings. The number of nitrogen functional groups attached to an aromatic ring is 1. The molecule has 0 saturated heterocycles. The summed E-state index contributed by atoms with van der Waals surface area (Å²) < 4.78 is 31.6. The van der Waals surface area contributed by atoms with Crippen LogP contribution in [0.4, 0.5) is 10.8 Å². The number of anilines is 2. The van der Waals surface area contributed by atoms with E-state index in [-0.39, 0.29) is 12.3 Å². The highest BCUT2D eigenvalue weighted by molar-refractivity contribution is 7.79. The summed E-state index contributed by atoms with van der Waals surface area (Å²) in [6.07, 6.45) is 0.545. The highest BCUT2D eigenvalue weighted by Gasteiger charge is 2.08. The molecule has 0 aliphatic heterocycles. The third-order valence-electron chi connectivity index (χ3n) is 4.26. The number of nitrogens with two attached hydrogens (primary N) is 1. The molecule has 0 unspecified atom stereocenters. The topological polar surface area (TPSA) is 175 Å². The molecule has 12 heteroatoms. The first kappa shape index (κ1) is 26.4. The lowest BCUT2D eigenvalue weighted by molar-refractivity contribution is -0.115. The van der Waals surface area contributed by atoms with E-state index < -0.39 is 16.5 Å². The van der Waals surface area contributed by atoms with Gasteiger partial charge in [0, 0.05) is 17.6 Å². The van der Waals surface area contributed by atoms with E-state index in [4.69, 9.17) is 23.3 Å². The average Bonchev–Trinajstić information content (AvgIpc) is 3.16. The summed E-state index contributed by atoms with van der Waals surface area (Å²) in [6.45, 7) is 1.28. The molecule has 0 aliphatic carbocycles. The van der Waals surface area contributed by atoms with Gasteiger partial charge in [0.25, 0.3) is 0 Å². The molecule has 10 nitrogen and oxygen atoms in total. The van der Waals surface area contributed by atoms with Crippen molar-refractivity contribution in [1.29, 1.82) is 0 Å². The molecular weight excluding hydrogens is 468 g/mol. The van der Waals surface area contributed by atoms with Crippen LogP contribution in [0.25, 0.3) is 0 Å². The van der Waals surface area contributed by atoms with Crippen molar-refractivity contribution in [1.82, 2.24) is 10.3 Å². The number of carbonyl (C=O) groups is 1. The zero-order valence-corrected chi connectivity index (χ0v) is 19.2. The third-order valence-corrected chi connectivity index (χ3v) is 4.98. The molecule has 1 amide bonds.